The zero-order valence-corrected chi connectivity index (χ0v) is 7.70. The summed E-state index contributed by atoms with van der Waals surface area (Å²) in [7, 11) is 0. The molecular formula is C10H18O2. The molecule has 4 atom stereocenters. The van der Waals surface area contributed by atoms with Crippen LogP contribution in [0.4, 0.5) is 0 Å². The number of aliphatic hydroxyl groups is 1. The van der Waals surface area contributed by atoms with Crippen LogP contribution in [-0.2, 0) is 4.74 Å². The molecule has 2 nitrogen and oxygen atoms in total. The second-order valence-electron chi connectivity index (χ2n) is 4.23. The van der Waals surface area contributed by atoms with E-state index in [4.69, 9.17) is 4.74 Å². The fraction of sp³-hybridized carbons (Fsp3) is 1.00. The van der Waals surface area contributed by atoms with E-state index in [-0.39, 0.29) is 12.2 Å². The predicted octanol–water partition coefficient (Wildman–Crippen LogP) is 1.71. The van der Waals surface area contributed by atoms with Gasteiger partial charge in [0, 0.05) is 0 Å². The van der Waals surface area contributed by atoms with Crippen LogP contribution in [0.3, 0.4) is 0 Å². The lowest BCUT2D eigenvalue weighted by molar-refractivity contribution is -0.148. The minimum absolute atomic E-state index is 0.0596. The van der Waals surface area contributed by atoms with Gasteiger partial charge in [-0.05, 0) is 32.1 Å². The van der Waals surface area contributed by atoms with E-state index in [0.717, 1.165) is 6.42 Å². The number of hydrogen-bond donors (Lipinski definition) is 1. The molecule has 1 saturated carbocycles. The summed E-state index contributed by atoms with van der Waals surface area (Å²) >= 11 is 0. The van der Waals surface area contributed by atoms with Gasteiger partial charge in [0.1, 0.15) is 0 Å². The van der Waals surface area contributed by atoms with Crippen molar-refractivity contribution in [3.05, 3.63) is 0 Å². The standard InChI is InChI=1S/C10H18O2/c1-7-9(11)6-8-4-2-3-5-10(8)12-7/h7-11H,2-6H2,1H3/t7-,8-,9+,10+/m1/s1. The van der Waals surface area contributed by atoms with E-state index in [9.17, 15) is 5.11 Å². The highest BCUT2D eigenvalue weighted by Gasteiger charge is 2.35. The van der Waals surface area contributed by atoms with Crippen LogP contribution < -0.4 is 0 Å². The van der Waals surface area contributed by atoms with Crippen LogP contribution in [-0.4, -0.2) is 23.4 Å². The van der Waals surface area contributed by atoms with Crippen LogP contribution in [0.1, 0.15) is 39.0 Å². The quantitative estimate of drug-likeness (QED) is 0.599. The van der Waals surface area contributed by atoms with E-state index in [1.807, 2.05) is 6.92 Å². The highest BCUT2D eigenvalue weighted by molar-refractivity contribution is 4.85. The molecule has 0 unspecified atom stereocenters. The van der Waals surface area contributed by atoms with Gasteiger partial charge in [-0.15, -0.1) is 0 Å². The highest BCUT2D eigenvalue weighted by Crippen LogP contribution is 2.35. The summed E-state index contributed by atoms with van der Waals surface area (Å²) in [4.78, 5) is 0. The lowest BCUT2D eigenvalue weighted by Gasteiger charge is -2.41. The molecule has 1 aliphatic heterocycles. The van der Waals surface area contributed by atoms with Crippen molar-refractivity contribution < 1.29 is 9.84 Å². The third kappa shape index (κ3) is 1.50. The zero-order chi connectivity index (χ0) is 8.55. The molecule has 0 radical (unpaired) electrons. The van der Waals surface area contributed by atoms with Crippen LogP contribution in [0.15, 0.2) is 0 Å². The number of fused-ring (bicyclic) bond motifs is 1. The van der Waals surface area contributed by atoms with Crippen LogP contribution in [0.25, 0.3) is 0 Å². The zero-order valence-electron chi connectivity index (χ0n) is 7.70. The minimum Gasteiger partial charge on any atom is -0.390 e. The summed E-state index contributed by atoms with van der Waals surface area (Å²) < 4.78 is 5.75. The maximum atomic E-state index is 9.59. The Morgan fingerprint density at radius 3 is 2.83 bits per heavy atom. The second-order valence-corrected chi connectivity index (χ2v) is 4.23. The molecule has 1 saturated heterocycles. The van der Waals surface area contributed by atoms with E-state index in [1.54, 1.807) is 0 Å². The van der Waals surface area contributed by atoms with E-state index in [1.165, 1.54) is 25.7 Å². The third-order valence-electron chi connectivity index (χ3n) is 3.31. The van der Waals surface area contributed by atoms with Gasteiger partial charge in [-0.3, -0.25) is 0 Å². The minimum atomic E-state index is -0.218. The van der Waals surface area contributed by atoms with Gasteiger partial charge in [-0.25, -0.2) is 0 Å². The maximum Gasteiger partial charge on any atom is 0.0809 e. The maximum absolute atomic E-state index is 9.59. The number of aliphatic hydroxyl groups excluding tert-OH is 1. The number of rotatable bonds is 0. The van der Waals surface area contributed by atoms with Crippen molar-refractivity contribution in [3.63, 3.8) is 0 Å². The largest absolute Gasteiger partial charge is 0.390 e. The SMILES string of the molecule is C[C@H]1O[C@H]2CCCC[C@@H]2C[C@@H]1O. The van der Waals surface area contributed by atoms with Gasteiger partial charge in [0.05, 0.1) is 18.3 Å². The summed E-state index contributed by atoms with van der Waals surface area (Å²) in [5.74, 6) is 0.643. The first-order chi connectivity index (χ1) is 5.77. The molecule has 2 heteroatoms. The van der Waals surface area contributed by atoms with E-state index in [2.05, 4.69) is 0 Å². The van der Waals surface area contributed by atoms with Crippen molar-refractivity contribution in [2.45, 2.75) is 57.3 Å². The molecule has 0 aromatic heterocycles. The number of ether oxygens (including phenoxy) is 1. The van der Waals surface area contributed by atoms with Crippen LogP contribution >= 0.6 is 0 Å². The smallest absolute Gasteiger partial charge is 0.0809 e. The normalized spacial score (nSPS) is 48.5. The van der Waals surface area contributed by atoms with Crippen molar-refractivity contribution >= 4 is 0 Å². The van der Waals surface area contributed by atoms with Crippen LogP contribution in [0, 0.1) is 5.92 Å². The first-order valence-electron chi connectivity index (χ1n) is 5.11. The van der Waals surface area contributed by atoms with Crippen LogP contribution in [0.5, 0.6) is 0 Å². The van der Waals surface area contributed by atoms with Gasteiger partial charge in [-0.1, -0.05) is 12.8 Å². The van der Waals surface area contributed by atoms with Crippen molar-refractivity contribution in [2.24, 2.45) is 5.92 Å². The Labute approximate surface area is 73.9 Å². The number of hydrogen-bond acceptors (Lipinski definition) is 2. The topological polar surface area (TPSA) is 29.5 Å². The Morgan fingerprint density at radius 2 is 2.00 bits per heavy atom. The molecule has 0 aromatic carbocycles. The molecular weight excluding hydrogens is 152 g/mol. The fourth-order valence-corrected chi connectivity index (χ4v) is 2.49. The van der Waals surface area contributed by atoms with Gasteiger partial charge < -0.3 is 9.84 Å². The average molecular weight is 170 g/mol. The second kappa shape index (κ2) is 3.35. The Morgan fingerprint density at radius 1 is 1.25 bits per heavy atom. The van der Waals surface area contributed by atoms with Gasteiger partial charge in [-0.2, -0.15) is 0 Å². The summed E-state index contributed by atoms with van der Waals surface area (Å²) in [5.41, 5.74) is 0. The summed E-state index contributed by atoms with van der Waals surface area (Å²) in [6.45, 7) is 1.98. The van der Waals surface area contributed by atoms with Gasteiger partial charge in [0.25, 0.3) is 0 Å². The molecule has 0 bridgehead atoms. The molecule has 1 N–H and O–H groups in total. The lowest BCUT2D eigenvalue weighted by atomic mass is 9.80. The molecule has 0 amide bonds. The van der Waals surface area contributed by atoms with Crippen molar-refractivity contribution in [1.29, 1.82) is 0 Å². The first kappa shape index (κ1) is 8.52. The Balaban J connectivity index is 1.98. The molecule has 0 spiro atoms. The van der Waals surface area contributed by atoms with E-state index in [0.29, 0.717) is 12.0 Å². The predicted molar refractivity (Wildman–Crippen MR) is 46.9 cm³/mol. The summed E-state index contributed by atoms with van der Waals surface area (Å²) in [6.07, 6.45) is 6.36. The molecule has 2 fully saturated rings. The Bertz CT molecular complexity index is 140. The summed E-state index contributed by atoms with van der Waals surface area (Å²) in [6, 6.07) is 0. The summed E-state index contributed by atoms with van der Waals surface area (Å²) in [5, 5.41) is 9.59. The Kier molecular flexibility index (Phi) is 2.37. The Hall–Kier alpha value is -0.0800. The first-order valence-corrected chi connectivity index (χ1v) is 5.11. The molecule has 0 aromatic rings. The van der Waals surface area contributed by atoms with Crippen molar-refractivity contribution in [3.8, 4) is 0 Å². The molecule has 1 heterocycles. The molecule has 1 aliphatic carbocycles. The monoisotopic (exact) mass is 170 g/mol. The third-order valence-corrected chi connectivity index (χ3v) is 3.31. The molecule has 70 valence electrons. The highest BCUT2D eigenvalue weighted by atomic mass is 16.5. The van der Waals surface area contributed by atoms with Crippen molar-refractivity contribution in [2.75, 3.05) is 0 Å². The van der Waals surface area contributed by atoms with Gasteiger partial charge >= 0.3 is 0 Å². The lowest BCUT2D eigenvalue weighted by Crippen LogP contribution is -2.44. The molecule has 2 aliphatic rings. The van der Waals surface area contributed by atoms with Gasteiger partial charge in [0.2, 0.25) is 0 Å². The van der Waals surface area contributed by atoms with Gasteiger partial charge in [0.15, 0.2) is 0 Å². The fourth-order valence-electron chi connectivity index (χ4n) is 2.49. The molecule has 12 heavy (non-hydrogen) atoms. The molecule has 2 rings (SSSR count). The van der Waals surface area contributed by atoms with E-state index < -0.39 is 0 Å². The van der Waals surface area contributed by atoms with E-state index >= 15 is 0 Å². The van der Waals surface area contributed by atoms with Crippen molar-refractivity contribution in [1.82, 2.24) is 0 Å². The van der Waals surface area contributed by atoms with Crippen LogP contribution in [0.2, 0.25) is 0 Å². The average Bonchev–Trinajstić information content (AvgIpc) is 2.07.